The summed E-state index contributed by atoms with van der Waals surface area (Å²) in [5, 5.41) is 30.3. The van der Waals surface area contributed by atoms with Crippen LogP contribution >= 0.6 is 0 Å². The molecule has 1 unspecified atom stereocenters. The van der Waals surface area contributed by atoms with Crippen LogP contribution in [-0.4, -0.2) is 33.1 Å². The number of allylic oxidation sites excluding steroid dienone is 5. The van der Waals surface area contributed by atoms with Crippen LogP contribution < -0.4 is 0 Å². The normalized spacial score (nSPS) is 35.6. The van der Waals surface area contributed by atoms with E-state index in [9.17, 15) is 15.3 Å². The van der Waals surface area contributed by atoms with Crippen molar-refractivity contribution in [2.24, 2.45) is 11.3 Å². The number of hydrogen-bond donors (Lipinski definition) is 3. The summed E-state index contributed by atoms with van der Waals surface area (Å²) in [6.07, 6.45) is 13.5. The van der Waals surface area contributed by atoms with Crippen LogP contribution in [0.2, 0.25) is 0 Å². The zero-order valence-electron chi connectivity index (χ0n) is 19.5. The van der Waals surface area contributed by atoms with E-state index in [4.69, 9.17) is 0 Å². The van der Waals surface area contributed by atoms with Gasteiger partial charge in [0.05, 0.1) is 17.8 Å². The Kier molecular flexibility index (Phi) is 7.16. The fraction of sp³-hybridized carbons (Fsp3) is 0.704. The number of hydrogen-bond acceptors (Lipinski definition) is 3. The first-order valence-electron chi connectivity index (χ1n) is 11.9. The highest BCUT2D eigenvalue weighted by Gasteiger charge is 2.46. The predicted molar refractivity (Wildman–Crippen MR) is 124 cm³/mol. The maximum atomic E-state index is 10.1. The number of aliphatic hydroxyl groups excluding tert-OH is 2. The van der Waals surface area contributed by atoms with Gasteiger partial charge in [-0.15, -0.1) is 0 Å². The minimum Gasteiger partial charge on any atom is -0.390 e. The van der Waals surface area contributed by atoms with Crippen molar-refractivity contribution in [2.75, 3.05) is 0 Å². The Morgan fingerprint density at radius 1 is 1.17 bits per heavy atom. The van der Waals surface area contributed by atoms with E-state index in [-0.39, 0.29) is 5.41 Å². The summed E-state index contributed by atoms with van der Waals surface area (Å²) in [7, 11) is 0. The van der Waals surface area contributed by atoms with Crippen LogP contribution in [0, 0.1) is 11.3 Å². The van der Waals surface area contributed by atoms with E-state index in [1.807, 2.05) is 13.8 Å². The molecule has 0 aromatic carbocycles. The molecule has 3 aliphatic carbocycles. The quantitative estimate of drug-likeness (QED) is 0.501. The lowest BCUT2D eigenvalue weighted by Gasteiger charge is -2.40. The molecule has 3 rings (SSSR count). The van der Waals surface area contributed by atoms with Gasteiger partial charge in [0.25, 0.3) is 0 Å². The Balaban J connectivity index is 1.74. The minimum atomic E-state index is -0.623. The highest BCUT2D eigenvalue weighted by atomic mass is 16.3. The molecule has 0 aliphatic heterocycles. The van der Waals surface area contributed by atoms with Crippen LogP contribution in [0.3, 0.4) is 0 Å². The van der Waals surface area contributed by atoms with E-state index < -0.39 is 17.8 Å². The molecule has 4 atom stereocenters. The first kappa shape index (κ1) is 23.5. The summed E-state index contributed by atoms with van der Waals surface area (Å²) in [6.45, 7) is 12.4. The molecular formula is C27H42O3. The third-order valence-corrected chi connectivity index (χ3v) is 7.91. The van der Waals surface area contributed by atoms with Gasteiger partial charge in [0.15, 0.2) is 0 Å². The molecule has 0 aromatic rings. The number of fused-ring (bicyclic) bond motifs is 1. The van der Waals surface area contributed by atoms with Gasteiger partial charge < -0.3 is 15.3 Å². The van der Waals surface area contributed by atoms with Crippen LogP contribution in [0.1, 0.15) is 91.9 Å². The van der Waals surface area contributed by atoms with E-state index in [0.717, 1.165) is 31.3 Å². The van der Waals surface area contributed by atoms with Crippen molar-refractivity contribution >= 4 is 0 Å². The van der Waals surface area contributed by atoms with Crippen LogP contribution in [0.4, 0.5) is 0 Å². The second-order valence-corrected chi connectivity index (χ2v) is 10.9. The Labute approximate surface area is 183 Å². The van der Waals surface area contributed by atoms with E-state index in [1.165, 1.54) is 25.7 Å². The average Bonchev–Trinajstić information content (AvgIpc) is 3.00. The van der Waals surface area contributed by atoms with Crippen molar-refractivity contribution in [2.45, 2.75) is 110 Å². The lowest BCUT2D eigenvalue weighted by molar-refractivity contribution is 0.0689. The second-order valence-electron chi connectivity index (χ2n) is 10.9. The molecule has 30 heavy (non-hydrogen) atoms. The molecule has 3 N–H and O–H groups in total. The van der Waals surface area contributed by atoms with Crippen molar-refractivity contribution in [1.29, 1.82) is 0 Å². The molecular weight excluding hydrogens is 372 g/mol. The van der Waals surface area contributed by atoms with E-state index in [1.54, 1.807) is 16.7 Å². The van der Waals surface area contributed by atoms with Crippen LogP contribution in [0.25, 0.3) is 0 Å². The Morgan fingerprint density at radius 2 is 1.83 bits per heavy atom. The van der Waals surface area contributed by atoms with Crippen LogP contribution in [-0.2, 0) is 0 Å². The summed E-state index contributed by atoms with van der Waals surface area (Å²) in [5.41, 5.74) is 6.12. The van der Waals surface area contributed by atoms with Gasteiger partial charge in [0.2, 0.25) is 0 Å². The molecule has 168 valence electrons. The van der Waals surface area contributed by atoms with Crippen LogP contribution in [0.5, 0.6) is 0 Å². The zero-order chi connectivity index (χ0) is 22.1. The predicted octanol–water partition coefficient (Wildman–Crippen LogP) is 5.77. The van der Waals surface area contributed by atoms with Gasteiger partial charge in [-0.05, 0) is 102 Å². The van der Waals surface area contributed by atoms with Gasteiger partial charge in [0.1, 0.15) is 0 Å². The fourth-order valence-electron chi connectivity index (χ4n) is 6.12. The Morgan fingerprint density at radius 3 is 2.47 bits per heavy atom. The molecule has 0 amide bonds. The van der Waals surface area contributed by atoms with Crippen molar-refractivity contribution in [3.8, 4) is 0 Å². The van der Waals surface area contributed by atoms with Crippen molar-refractivity contribution in [3.05, 3.63) is 46.6 Å². The molecule has 3 fully saturated rings. The summed E-state index contributed by atoms with van der Waals surface area (Å²) < 4.78 is 0. The molecule has 0 heterocycles. The zero-order valence-corrected chi connectivity index (χ0v) is 19.5. The highest BCUT2D eigenvalue weighted by Crippen LogP contribution is 2.58. The number of rotatable bonds is 5. The van der Waals surface area contributed by atoms with Gasteiger partial charge >= 0.3 is 0 Å². The maximum absolute atomic E-state index is 10.1. The maximum Gasteiger partial charge on any atom is 0.0809 e. The summed E-state index contributed by atoms with van der Waals surface area (Å²) in [6, 6.07) is 0. The minimum absolute atomic E-state index is 0.265. The molecule has 3 aliphatic rings. The molecule has 0 aromatic heterocycles. The Bertz CT molecular complexity index is 733. The largest absolute Gasteiger partial charge is 0.390 e. The fourth-order valence-corrected chi connectivity index (χ4v) is 6.12. The van der Waals surface area contributed by atoms with Crippen LogP contribution in [0.15, 0.2) is 46.6 Å². The van der Waals surface area contributed by atoms with Gasteiger partial charge in [-0.2, -0.15) is 0 Å². The monoisotopic (exact) mass is 414 g/mol. The Hall–Kier alpha value is -1.16. The average molecular weight is 415 g/mol. The van der Waals surface area contributed by atoms with Gasteiger partial charge in [-0.25, -0.2) is 0 Å². The van der Waals surface area contributed by atoms with Crippen molar-refractivity contribution < 1.29 is 15.3 Å². The van der Waals surface area contributed by atoms with Gasteiger partial charge in [-0.3, -0.25) is 0 Å². The molecule has 0 bridgehead atoms. The third kappa shape index (κ3) is 5.18. The van der Waals surface area contributed by atoms with Gasteiger partial charge in [-0.1, -0.05) is 47.9 Å². The van der Waals surface area contributed by atoms with E-state index in [2.05, 4.69) is 32.6 Å². The molecule has 3 heteroatoms. The summed E-state index contributed by atoms with van der Waals surface area (Å²) in [4.78, 5) is 0. The van der Waals surface area contributed by atoms with E-state index in [0.29, 0.717) is 24.3 Å². The lowest BCUT2D eigenvalue weighted by Crippen LogP contribution is -2.29. The van der Waals surface area contributed by atoms with Crippen molar-refractivity contribution in [3.63, 3.8) is 0 Å². The third-order valence-electron chi connectivity index (χ3n) is 7.91. The number of aliphatic hydroxyl groups is 3. The molecule has 3 saturated carbocycles. The molecule has 0 saturated heterocycles. The first-order chi connectivity index (χ1) is 14.0. The smallest absolute Gasteiger partial charge is 0.0809 e. The van der Waals surface area contributed by atoms with Crippen molar-refractivity contribution in [1.82, 2.24) is 0 Å². The molecule has 0 radical (unpaired) electrons. The lowest BCUT2D eigenvalue weighted by atomic mass is 9.64. The van der Waals surface area contributed by atoms with E-state index >= 15 is 0 Å². The summed E-state index contributed by atoms with van der Waals surface area (Å²) >= 11 is 0. The first-order valence-corrected chi connectivity index (χ1v) is 11.9. The second kappa shape index (κ2) is 9.14. The van der Waals surface area contributed by atoms with Gasteiger partial charge in [0, 0.05) is 0 Å². The highest BCUT2D eigenvalue weighted by molar-refractivity contribution is 5.35. The molecule has 0 spiro atoms. The molecule has 3 nitrogen and oxygen atoms in total. The topological polar surface area (TPSA) is 60.7 Å². The SMILES string of the molecule is C=C1[C@H](O)CC(=C/C=C2/CCC[C@]3(C)/C(=C(/C)CCCC(C)(C)O)CCC23)C[C@H]1O. The standard InChI is InChI=1S/C27H42O3/c1-18(8-6-14-26(3,4)30)22-12-13-23-21(9-7-15-27(22,23)5)11-10-20-16-24(28)19(2)25(29)17-20/h10-11,23-25,28-30H,2,6-9,12-17H2,1,3-5H3/b21-11-,22-18-/t23?,24-,25-,27-/m1/s1. The summed E-state index contributed by atoms with van der Waals surface area (Å²) in [5.74, 6) is 0.607.